The third kappa shape index (κ3) is 7.76. The Labute approximate surface area is 285 Å². The number of urea groups is 1. The molecule has 0 unspecified atom stereocenters. The molecule has 1 aliphatic carbocycles. The maximum atomic E-state index is 13.1. The molecule has 0 radical (unpaired) electrons. The fourth-order valence-corrected chi connectivity index (χ4v) is 7.16. The minimum atomic E-state index is -0.447. The predicted molar refractivity (Wildman–Crippen MR) is 186 cm³/mol. The van der Waals surface area contributed by atoms with Gasteiger partial charge in [0.2, 0.25) is 5.91 Å². The number of imide groups is 1. The van der Waals surface area contributed by atoms with E-state index in [0.29, 0.717) is 24.0 Å². The SMILES string of the molecule is O=C1CCN(Cc2cccn(CCN3CCC(OC4CCC(Oc5ccc(-c6c[nH]c(=O)c7cnccc67)cc5)CC4)CC3)c2=O)C(=O)N1.[HH]. The third-order valence-electron chi connectivity index (χ3n) is 9.97. The van der Waals surface area contributed by atoms with Gasteiger partial charge in [-0.05, 0) is 73.7 Å². The second kappa shape index (κ2) is 14.8. The van der Waals surface area contributed by atoms with E-state index in [4.69, 9.17) is 9.47 Å². The van der Waals surface area contributed by atoms with Gasteiger partial charge in [0.15, 0.2) is 0 Å². The average Bonchev–Trinajstić information content (AvgIpc) is 3.12. The van der Waals surface area contributed by atoms with Gasteiger partial charge in [-0.3, -0.25) is 24.7 Å². The number of benzene rings is 1. The first-order chi connectivity index (χ1) is 23.9. The Morgan fingerprint density at radius 1 is 0.837 bits per heavy atom. The molecule has 5 heterocycles. The van der Waals surface area contributed by atoms with Crippen molar-refractivity contribution in [1.82, 2.24) is 29.7 Å². The summed E-state index contributed by atoms with van der Waals surface area (Å²) in [4.78, 5) is 59.6. The van der Waals surface area contributed by atoms with E-state index in [0.717, 1.165) is 80.4 Å². The summed E-state index contributed by atoms with van der Waals surface area (Å²) in [5, 5.41) is 3.76. The second-order valence-corrected chi connectivity index (χ2v) is 13.2. The highest BCUT2D eigenvalue weighted by molar-refractivity contribution is 5.96. The number of aromatic amines is 1. The lowest BCUT2D eigenvalue weighted by Crippen LogP contribution is -2.49. The molecule has 7 rings (SSSR count). The lowest BCUT2D eigenvalue weighted by atomic mass is 9.94. The smallest absolute Gasteiger partial charge is 0.324 e. The molecule has 3 amide bonds. The molecule has 2 N–H and O–H groups in total. The van der Waals surface area contributed by atoms with Gasteiger partial charge in [-0.2, -0.15) is 0 Å². The minimum absolute atomic E-state index is 0. The van der Waals surface area contributed by atoms with Crippen LogP contribution < -0.4 is 21.2 Å². The summed E-state index contributed by atoms with van der Waals surface area (Å²) in [5.41, 5.74) is 2.27. The van der Waals surface area contributed by atoms with E-state index in [9.17, 15) is 19.2 Å². The number of carbonyl (C=O) groups is 2. The van der Waals surface area contributed by atoms with Crippen molar-refractivity contribution >= 4 is 22.7 Å². The maximum absolute atomic E-state index is 13.1. The van der Waals surface area contributed by atoms with Crippen molar-refractivity contribution < 1.29 is 20.5 Å². The van der Waals surface area contributed by atoms with Crippen LogP contribution in [0.4, 0.5) is 4.79 Å². The second-order valence-electron chi connectivity index (χ2n) is 13.2. The molecule has 2 aliphatic heterocycles. The number of nitrogens with zero attached hydrogens (tertiary/aromatic N) is 4. The number of fused-ring (bicyclic) bond motifs is 1. The van der Waals surface area contributed by atoms with E-state index in [2.05, 4.69) is 20.2 Å². The van der Waals surface area contributed by atoms with E-state index >= 15 is 0 Å². The summed E-state index contributed by atoms with van der Waals surface area (Å²) < 4.78 is 14.6. The van der Waals surface area contributed by atoms with Gasteiger partial charge in [0.1, 0.15) is 5.75 Å². The van der Waals surface area contributed by atoms with Crippen molar-refractivity contribution in [3.8, 4) is 16.9 Å². The van der Waals surface area contributed by atoms with Crippen molar-refractivity contribution in [1.29, 1.82) is 0 Å². The van der Waals surface area contributed by atoms with Gasteiger partial charge in [0, 0.05) is 76.5 Å². The van der Waals surface area contributed by atoms with Crippen LogP contribution >= 0.6 is 0 Å². The van der Waals surface area contributed by atoms with E-state index in [1.165, 1.54) is 4.90 Å². The van der Waals surface area contributed by atoms with Gasteiger partial charge in [0.25, 0.3) is 11.1 Å². The predicted octanol–water partition coefficient (Wildman–Crippen LogP) is 4.31. The zero-order chi connectivity index (χ0) is 33.7. The summed E-state index contributed by atoms with van der Waals surface area (Å²) >= 11 is 0. The Bertz CT molecular complexity index is 1910. The van der Waals surface area contributed by atoms with Crippen LogP contribution in [-0.4, -0.2) is 80.8 Å². The normalized spacial score (nSPS) is 20.8. The Hall–Kier alpha value is -4.81. The first kappa shape index (κ1) is 32.7. The molecule has 12 heteroatoms. The highest BCUT2D eigenvalue weighted by Gasteiger charge is 2.28. The minimum Gasteiger partial charge on any atom is -0.490 e. The highest BCUT2D eigenvalue weighted by atomic mass is 16.5. The zero-order valence-corrected chi connectivity index (χ0v) is 27.5. The first-order valence-corrected chi connectivity index (χ1v) is 17.3. The molecule has 1 aromatic carbocycles. The molecule has 3 fully saturated rings. The Morgan fingerprint density at radius 2 is 1.59 bits per heavy atom. The molecular weight excluding hydrogens is 624 g/mol. The van der Waals surface area contributed by atoms with Gasteiger partial charge in [-0.15, -0.1) is 0 Å². The quantitative estimate of drug-likeness (QED) is 0.255. The zero-order valence-electron chi connectivity index (χ0n) is 27.5. The standard InChI is InChI=1S/C37H42N6O6.H2/c44-34-14-19-43(37(47)40-34)24-26-2-1-16-42(36(26)46)21-20-41-17-12-30(13-18-41)49-29-9-7-28(8-10-29)48-27-5-3-25(4-6-27)32-23-39-35(45)33-22-38-15-11-31(32)33;/h1-6,11,15-16,22-23,28-30H,7-10,12-14,17-21,24H2,(H,39,45)(H,40,44,47);1H. The van der Waals surface area contributed by atoms with Gasteiger partial charge in [0.05, 0.1) is 30.2 Å². The van der Waals surface area contributed by atoms with Crippen LogP contribution in [0.15, 0.2) is 76.8 Å². The molecule has 258 valence electrons. The number of nitrogens with one attached hydrogen (secondary N) is 2. The number of hydrogen-bond acceptors (Lipinski definition) is 8. The molecule has 1 saturated carbocycles. The number of hydrogen-bond donors (Lipinski definition) is 2. The fraction of sp³-hybridized carbons (Fsp3) is 0.432. The number of aromatic nitrogens is 3. The number of ether oxygens (including phenoxy) is 2. The number of amides is 3. The molecule has 2 saturated heterocycles. The topological polar surface area (TPSA) is 139 Å². The van der Waals surface area contributed by atoms with Crippen LogP contribution in [0.5, 0.6) is 5.75 Å². The Balaban J connectivity index is 0.00000432. The molecule has 0 atom stereocenters. The molecule has 3 aliphatic rings. The maximum Gasteiger partial charge on any atom is 0.324 e. The van der Waals surface area contributed by atoms with E-state index in [1.807, 2.05) is 36.4 Å². The number of rotatable bonds is 10. The van der Waals surface area contributed by atoms with Gasteiger partial charge in [-0.1, -0.05) is 18.2 Å². The van der Waals surface area contributed by atoms with E-state index in [1.54, 1.807) is 35.4 Å². The number of piperidine rings is 1. The first-order valence-electron chi connectivity index (χ1n) is 17.3. The fourth-order valence-electron chi connectivity index (χ4n) is 7.16. The summed E-state index contributed by atoms with van der Waals surface area (Å²) in [6.45, 7) is 3.73. The molecule has 4 aromatic rings. The van der Waals surface area contributed by atoms with Crippen molar-refractivity contribution in [2.24, 2.45) is 0 Å². The van der Waals surface area contributed by atoms with Gasteiger partial charge in [-0.25, -0.2) is 4.79 Å². The van der Waals surface area contributed by atoms with E-state index < -0.39 is 6.03 Å². The van der Waals surface area contributed by atoms with E-state index in [-0.39, 0.29) is 49.7 Å². The largest absolute Gasteiger partial charge is 0.490 e. The molecular formula is C37H44N6O6. The van der Waals surface area contributed by atoms with Crippen LogP contribution in [0.3, 0.4) is 0 Å². The van der Waals surface area contributed by atoms with Gasteiger partial charge >= 0.3 is 6.03 Å². The van der Waals surface area contributed by atoms with Crippen LogP contribution in [0.25, 0.3) is 21.9 Å². The Kier molecular flexibility index (Phi) is 9.85. The summed E-state index contributed by atoms with van der Waals surface area (Å²) in [6, 6.07) is 13.1. The van der Waals surface area contributed by atoms with Crippen LogP contribution in [0, 0.1) is 0 Å². The third-order valence-corrected chi connectivity index (χ3v) is 9.97. The number of carbonyl (C=O) groups excluding carboxylic acids is 2. The van der Waals surface area contributed by atoms with Crippen molar-refractivity contribution in [3.63, 3.8) is 0 Å². The lowest BCUT2D eigenvalue weighted by Gasteiger charge is -2.36. The van der Waals surface area contributed by atoms with Crippen LogP contribution in [0.1, 0.15) is 51.9 Å². The molecule has 12 nitrogen and oxygen atoms in total. The van der Waals surface area contributed by atoms with Crippen LogP contribution in [0.2, 0.25) is 0 Å². The monoisotopic (exact) mass is 668 g/mol. The number of likely N-dealkylation sites (tertiary alicyclic amines) is 1. The van der Waals surface area contributed by atoms with Gasteiger partial charge < -0.3 is 28.8 Å². The summed E-state index contributed by atoms with van der Waals surface area (Å²) in [6.07, 6.45) is 13.6. The van der Waals surface area contributed by atoms with Crippen molar-refractivity contribution in [2.75, 3.05) is 26.2 Å². The molecule has 49 heavy (non-hydrogen) atoms. The Morgan fingerprint density at radius 3 is 2.37 bits per heavy atom. The average molecular weight is 669 g/mol. The van der Waals surface area contributed by atoms with Crippen LogP contribution in [-0.2, 0) is 22.6 Å². The van der Waals surface area contributed by atoms with Crippen molar-refractivity contribution in [2.45, 2.75) is 76.3 Å². The van der Waals surface area contributed by atoms with Crippen molar-refractivity contribution in [3.05, 3.63) is 93.5 Å². The molecule has 3 aromatic heterocycles. The molecule has 0 bridgehead atoms. The number of H-pyrrole nitrogens is 1. The summed E-state index contributed by atoms with van der Waals surface area (Å²) in [5.74, 6) is 0.563. The highest BCUT2D eigenvalue weighted by Crippen LogP contribution is 2.31. The molecule has 0 spiro atoms. The summed E-state index contributed by atoms with van der Waals surface area (Å²) in [7, 11) is 0. The lowest BCUT2D eigenvalue weighted by molar-refractivity contribution is -0.121. The number of pyridine rings is 3.